The van der Waals surface area contributed by atoms with Gasteiger partial charge >= 0.3 is 5.97 Å². The maximum atomic E-state index is 12.8. The van der Waals surface area contributed by atoms with Crippen LogP contribution in [0, 0.1) is 0 Å². The number of methoxy groups -OCH3 is 1. The van der Waals surface area contributed by atoms with Crippen LogP contribution in [0.4, 0.5) is 11.4 Å². The van der Waals surface area contributed by atoms with E-state index in [-0.39, 0.29) is 18.2 Å². The third-order valence-corrected chi connectivity index (χ3v) is 5.31. The van der Waals surface area contributed by atoms with Crippen LogP contribution < -0.4 is 9.21 Å². The van der Waals surface area contributed by atoms with E-state index < -0.39 is 21.1 Å². The maximum absolute atomic E-state index is 12.8. The predicted molar refractivity (Wildman–Crippen MR) is 84.4 cm³/mol. The zero-order chi connectivity index (χ0) is 17.5. The first-order valence-electron chi connectivity index (χ1n) is 6.92. The fraction of sp³-hybridized carbons (Fsp3) is 0.200. The monoisotopic (exact) mass is 350 g/mol. The SMILES string of the molecule is COC(=O)c1ccc(S(=O)(=O)N2CC(=O)N(C)c3ccccc32)o1. The van der Waals surface area contributed by atoms with Gasteiger partial charge in [0.05, 0.1) is 18.5 Å². The molecule has 3 rings (SSSR count). The summed E-state index contributed by atoms with van der Waals surface area (Å²) in [5.41, 5.74) is 0.827. The number of fused-ring (bicyclic) bond motifs is 1. The molecule has 9 heteroatoms. The largest absolute Gasteiger partial charge is 0.463 e. The van der Waals surface area contributed by atoms with Gasteiger partial charge in [-0.2, -0.15) is 8.42 Å². The van der Waals surface area contributed by atoms with Crippen LogP contribution in [0.1, 0.15) is 10.6 Å². The van der Waals surface area contributed by atoms with E-state index in [9.17, 15) is 18.0 Å². The van der Waals surface area contributed by atoms with Gasteiger partial charge in [0, 0.05) is 7.05 Å². The molecule has 1 aliphatic rings. The number of esters is 1. The third-order valence-electron chi connectivity index (χ3n) is 3.68. The van der Waals surface area contributed by atoms with Crippen LogP contribution in [0.5, 0.6) is 0 Å². The Morgan fingerprint density at radius 1 is 1.17 bits per heavy atom. The Morgan fingerprint density at radius 3 is 2.50 bits per heavy atom. The normalized spacial score (nSPS) is 14.5. The summed E-state index contributed by atoms with van der Waals surface area (Å²) in [6, 6.07) is 9.00. The van der Waals surface area contributed by atoms with Gasteiger partial charge in [0.1, 0.15) is 6.54 Å². The Labute approximate surface area is 138 Å². The van der Waals surface area contributed by atoms with Gasteiger partial charge in [-0.15, -0.1) is 0 Å². The van der Waals surface area contributed by atoms with Crippen LogP contribution in [0.3, 0.4) is 0 Å². The molecule has 0 saturated heterocycles. The number of anilines is 2. The zero-order valence-corrected chi connectivity index (χ0v) is 13.7. The number of likely N-dealkylation sites (N-methyl/N-ethyl adjacent to an activating group) is 1. The maximum Gasteiger partial charge on any atom is 0.374 e. The third kappa shape index (κ3) is 2.42. The number of nitrogens with zero attached hydrogens (tertiary/aromatic N) is 2. The lowest BCUT2D eigenvalue weighted by Gasteiger charge is -2.33. The smallest absolute Gasteiger partial charge is 0.374 e. The van der Waals surface area contributed by atoms with Crippen molar-refractivity contribution in [2.75, 3.05) is 29.9 Å². The number of amides is 1. The highest BCUT2D eigenvalue weighted by Crippen LogP contribution is 2.36. The first-order chi connectivity index (χ1) is 11.4. The highest BCUT2D eigenvalue weighted by atomic mass is 32.2. The molecule has 2 heterocycles. The van der Waals surface area contributed by atoms with E-state index in [0.717, 1.165) is 17.5 Å². The number of carbonyl (C=O) groups is 2. The summed E-state index contributed by atoms with van der Waals surface area (Å²) in [6.45, 7) is -0.357. The van der Waals surface area contributed by atoms with Crippen molar-refractivity contribution in [2.24, 2.45) is 0 Å². The fourth-order valence-electron chi connectivity index (χ4n) is 2.40. The van der Waals surface area contributed by atoms with Crippen molar-refractivity contribution >= 4 is 33.3 Å². The van der Waals surface area contributed by atoms with Crippen LogP contribution in [0.25, 0.3) is 0 Å². The van der Waals surface area contributed by atoms with E-state index in [4.69, 9.17) is 4.42 Å². The Morgan fingerprint density at radius 2 is 1.83 bits per heavy atom. The molecule has 0 radical (unpaired) electrons. The number of ether oxygens (including phenoxy) is 1. The molecule has 1 aromatic heterocycles. The lowest BCUT2D eigenvalue weighted by atomic mass is 10.2. The van der Waals surface area contributed by atoms with Crippen molar-refractivity contribution in [3.05, 3.63) is 42.2 Å². The number of carbonyl (C=O) groups excluding carboxylic acids is 2. The fourth-order valence-corrected chi connectivity index (χ4v) is 3.75. The van der Waals surface area contributed by atoms with Crippen molar-refractivity contribution in [1.29, 1.82) is 0 Å². The van der Waals surface area contributed by atoms with Gasteiger partial charge in [-0.25, -0.2) is 4.79 Å². The summed E-state index contributed by atoms with van der Waals surface area (Å²) in [4.78, 5) is 25.0. The Hall–Kier alpha value is -2.81. The predicted octanol–water partition coefficient (Wildman–Crippen LogP) is 1.24. The summed E-state index contributed by atoms with van der Waals surface area (Å²) in [5, 5.41) is -0.435. The molecule has 0 saturated carbocycles. The molecule has 8 nitrogen and oxygen atoms in total. The van der Waals surface area contributed by atoms with Gasteiger partial charge in [-0.3, -0.25) is 9.10 Å². The molecule has 0 atom stereocenters. The molecule has 0 aliphatic carbocycles. The molecular weight excluding hydrogens is 336 g/mol. The molecule has 1 aromatic carbocycles. The molecule has 24 heavy (non-hydrogen) atoms. The molecule has 0 bridgehead atoms. The summed E-state index contributed by atoms with van der Waals surface area (Å²) < 4.78 is 36.2. The van der Waals surface area contributed by atoms with E-state index >= 15 is 0 Å². The number of benzene rings is 1. The van der Waals surface area contributed by atoms with E-state index in [1.54, 1.807) is 31.3 Å². The lowest BCUT2D eigenvalue weighted by molar-refractivity contribution is -0.117. The molecule has 1 amide bonds. The number of sulfonamides is 1. The number of rotatable bonds is 3. The van der Waals surface area contributed by atoms with E-state index in [2.05, 4.69) is 4.74 Å². The Bertz CT molecular complexity index is 918. The van der Waals surface area contributed by atoms with Crippen molar-refractivity contribution in [3.63, 3.8) is 0 Å². The van der Waals surface area contributed by atoms with Gasteiger partial charge in [0.2, 0.25) is 16.8 Å². The first-order valence-corrected chi connectivity index (χ1v) is 8.36. The summed E-state index contributed by atoms with van der Waals surface area (Å²) in [7, 11) is -1.40. The standard InChI is InChI=1S/C15H14N2O6S/c1-16-10-5-3-4-6-11(10)17(9-13(16)18)24(20,21)14-8-7-12(23-14)15(19)22-2/h3-8H,9H2,1-2H3. The summed E-state index contributed by atoms with van der Waals surface area (Å²) >= 11 is 0. The average molecular weight is 350 g/mol. The molecule has 0 fully saturated rings. The van der Waals surface area contributed by atoms with Gasteiger partial charge in [-0.05, 0) is 24.3 Å². The summed E-state index contributed by atoms with van der Waals surface area (Å²) in [5.74, 6) is -1.40. The molecule has 126 valence electrons. The number of furan rings is 1. The van der Waals surface area contributed by atoms with Crippen molar-refractivity contribution in [1.82, 2.24) is 0 Å². The minimum Gasteiger partial charge on any atom is -0.463 e. The number of hydrogen-bond donors (Lipinski definition) is 0. The molecule has 0 unspecified atom stereocenters. The molecule has 1 aliphatic heterocycles. The minimum atomic E-state index is -4.14. The molecular formula is C15H14N2O6S. The topological polar surface area (TPSA) is 97.1 Å². The molecule has 0 spiro atoms. The number of hydrogen-bond acceptors (Lipinski definition) is 6. The van der Waals surface area contributed by atoms with Crippen molar-refractivity contribution in [3.8, 4) is 0 Å². The molecule has 2 aromatic rings. The summed E-state index contributed by atoms with van der Waals surface area (Å²) in [6.07, 6.45) is 0. The van der Waals surface area contributed by atoms with Gasteiger partial charge in [0.15, 0.2) is 0 Å². The van der Waals surface area contributed by atoms with E-state index in [0.29, 0.717) is 11.4 Å². The van der Waals surface area contributed by atoms with Gasteiger partial charge < -0.3 is 14.1 Å². The second-order valence-corrected chi connectivity index (χ2v) is 6.86. The Balaban J connectivity index is 2.07. The van der Waals surface area contributed by atoms with Crippen LogP contribution in [-0.2, 0) is 19.6 Å². The van der Waals surface area contributed by atoms with Crippen LogP contribution >= 0.6 is 0 Å². The quantitative estimate of drug-likeness (QED) is 0.773. The van der Waals surface area contributed by atoms with Crippen molar-refractivity contribution in [2.45, 2.75) is 5.09 Å². The van der Waals surface area contributed by atoms with E-state index in [1.807, 2.05) is 0 Å². The van der Waals surface area contributed by atoms with Crippen molar-refractivity contribution < 1.29 is 27.2 Å². The lowest BCUT2D eigenvalue weighted by Crippen LogP contribution is -2.46. The van der Waals surface area contributed by atoms with Gasteiger partial charge in [-0.1, -0.05) is 12.1 Å². The Kier molecular flexibility index (Phi) is 3.80. The van der Waals surface area contributed by atoms with Crippen LogP contribution in [0.15, 0.2) is 45.9 Å². The zero-order valence-electron chi connectivity index (χ0n) is 12.9. The highest BCUT2D eigenvalue weighted by Gasteiger charge is 2.37. The number of para-hydroxylation sites is 2. The first kappa shape index (κ1) is 16.1. The van der Waals surface area contributed by atoms with Crippen LogP contribution in [0.2, 0.25) is 0 Å². The van der Waals surface area contributed by atoms with Crippen LogP contribution in [-0.4, -0.2) is 41.0 Å². The van der Waals surface area contributed by atoms with Gasteiger partial charge in [0.25, 0.3) is 10.0 Å². The molecule has 0 N–H and O–H groups in total. The second-order valence-electron chi connectivity index (χ2n) is 5.06. The minimum absolute atomic E-state index is 0.232. The van der Waals surface area contributed by atoms with E-state index in [1.165, 1.54) is 11.0 Å². The average Bonchev–Trinajstić information content (AvgIpc) is 3.08. The second kappa shape index (κ2) is 5.68. The highest BCUT2D eigenvalue weighted by molar-refractivity contribution is 7.92.